The number of aliphatic hydroxyl groups is 1. The van der Waals surface area contributed by atoms with Gasteiger partial charge in [-0.05, 0) is 49.7 Å². The minimum atomic E-state index is -1.25. The lowest BCUT2D eigenvalue weighted by Gasteiger charge is -2.33. The highest BCUT2D eigenvalue weighted by Gasteiger charge is 2.22. The maximum Gasteiger partial charge on any atom is 0.410 e. The van der Waals surface area contributed by atoms with E-state index in [1.165, 1.54) is 18.3 Å². The van der Waals surface area contributed by atoms with Crippen molar-refractivity contribution in [2.75, 3.05) is 44.7 Å². The van der Waals surface area contributed by atoms with Gasteiger partial charge in [0.05, 0.1) is 11.2 Å². The third-order valence-electron chi connectivity index (χ3n) is 6.80. The Morgan fingerprint density at radius 1 is 1.19 bits per heavy atom. The Labute approximate surface area is 242 Å². The number of ether oxygens (including phenoxy) is 2. The number of fused-ring (bicyclic) bond motifs is 1. The Kier molecular flexibility index (Phi) is 9.23. The van der Waals surface area contributed by atoms with Gasteiger partial charge in [-0.3, -0.25) is 14.9 Å². The maximum absolute atomic E-state index is 14.8. The van der Waals surface area contributed by atoms with Crippen LogP contribution >= 0.6 is 0 Å². The number of aromatic nitrogens is 4. The SMILES string of the molecule is CC#CCOC(=O)N1CCN(Cc2ccc(-c3cc(-c4ncccc4F)c4nc(NC(O)OCC)[nH]c4c3)cn2)CC1. The highest BCUT2D eigenvalue weighted by molar-refractivity contribution is 5.96. The average Bonchev–Trinajstić information content (AvgIpc) is 3.40. The third-order valence-corrected chi connectivity index (χ3v) is 6.80. The van der Waals surface area contributed by atoms with E-state index in [0.29, 0.717) is 55.9 Å². The molecule has 4 heterocycles. The number of rotatable bonds is 9. The smallest absolute Gasteiger partial charge is 0.410 e. The molecule has 3 N–H and O–H groups in total. The highest BCUT2D eigenvalue weighted by atomic mass is 19.1. The molecule has 12 heteroatoms. The largest absolute Gasteiger partial charge is 0.436 e. The lowest BCUT2D eigenvalue weighted by atomic mass is 10.0. The van der Waals surface area contributed by atoms with Gasteiger partial charge < -0.3 is 29.8 Å². The minimum Gasteiger partial charge on any atom is -0.436 e. The summed E-state index contributed by atoms with van der Waals surface area (Å²) in [5, 5.41) is 12.8. The Morgan fingerprint density at radius 2 is 2.02 bits per heavy atom. The van der Waals surface area contributed by atoms with E-state index in [4.69, 9.17) is 9.47 Å². The van der Waals surface area contributed by atoms with Gasteiger partial charge in [0.25, 0.3) is 0 Å². The summed E-state index contributed by atoms with van der Waals surface area (Å²) in [5.41, 5.74) is 4.30. The zero-order chi connectivity index (χ0) is 29.5. The van der Waals surface area contributed by atoms with Gasteiger partial charge in [-0.15, -0.1) is 5.92 Å². The topological polar surface area (TPSA) is 129 Å². The number of anilines is 1. The number of hydrogen-bond acceptors (Lipinski definition) is 9. The molecule has 11 nitrogen and oxygen atoms in total. The fourth-order valence-corrected chi connectivity index (χ4v) is 4.70. The molecule has 0 bridgehead atoms. The summed E-state index contributed by atoms with van der Waals surface area (Å²) < 4.78 is 25.1. The number of pyridine rings is 2. The first-order valence-electron chi connectivity index (χ1n) is 13.6. The molecule has 5 rings (SSSR count). The number of halogens is 1. The van der Waals surface area contributed by atoms with Crippen LogP contribution in [0.3, 0.4) is 0 Å². The van der Waals surface area contributed by atoms with E-state index in [9.17, 15) is 14.3 Å². The van der Waals surface area contributed by atoms with E-state index in [2.05, 4.69) is 42.0 Å². The number of nitrogens with one attached hydrogen (secondary N) is 2. The fourth-order valence-electron chi connectivity index (χ4n) is 4.70. The number of amides is 1. The van der Waals surface area contributed by atoms with Crippen molar-refractivity contribution in [2.24, 2.45) is 0 Å². The molecule has 1 unspecified atom stereocenters. The summed E-state index contributed by atoms with van der Waals surface area (Å²) in [6.07, 6.45) is 1.72. The van der Waals surface area contributed by atoms with Crippen LogP contribution in [0.5, 0.6) is 0 Å². The first-order valence-corrected chi connectivity index (χ1v) is 13.6. The van der Waals surface area contributed by atoms with Crippen LogP contribution in [0.15, 0.2) is 48.8 Å². The predicted octanol–water partition coefficient (Wildman–Crippen LogP) is 3.83. The Hall–Kier alpha value is -4.57. The van der Waals surface area contributed by atoms with Crippen LogP contribution in [-0.2, 0) is 16.0 Å². The van der Waals surface area contributed by atoms with Gasteiger partial charge in [0.15, 0.2) is 6.61 Å². The molecule has 0 aliphatic carbocycles. The fraction of sp³-hybridized carbons (Fsp3) is 0.333. The van der Waals surface area contributed by atoms with Crippen molar-refractivity contribution in [3.8, 4) is 34.2 Å². The quantitative estimate of drug-likeness (QED) is 0.202. The molecule has 1 saturated heterocycles. The Balaban J connectivity index is 1.33. The maximum atomic E-state index is 14.8. The normalized spacial score (nSPS) is 14.3. The first-order chi connectivity index (χ1) is 20.4. The summed E-state index contributed by atoms with van der Waals surface area (Å²) in [4.78, 5) is 32.7. The summed E-state index contributed by atoms with van der Waals surface area (Å²) in [6.45, 7) is 7.10. The number of piperazine rings is 1. The van der Waals surface area contributed by atoms with E-state index in [0.717, 1.165) is 16.8 Å². The molecule has 1 atom stereocenters. The van der Waals surface area contributed by atoms with Gasteiger partial charge in [0.2, 0.25) is 12.4 Å². The van der Waals surface area contributed by atoms with Gasteiger partial charge >= 0.3 is 6.09 Å². The predicted molar refractivity (Wildman–Crippen MR) is 155 cm³/mol. The number of benzene rings is 1. The lowest BCUT2D eigenvalue weighted by Crippen LogP contribution is -2.48. The molecular formula is C30H32FN7O4. The molecule has 1 aromatic carbocycles. The number of aliphatic hydroxyl groups excluding tert-OH is 1. The molecule has 4 aromatic rings. The molecule has 218 valence electrons. The van der Waals surface area contributed by atoms with Gasteiger partial charge in [0, 0.05) is 62.9 Å². The van der Waals surface area contributed by atoms with Crippen LogP contribution in [-0.4, -0.2) is 86.7 Å². The van der Waals surface area contributed by atoms with Crippen molar-refractivity contribution >= 4 is 23.1 Å². The highest BCUT2D eigenvalue weighted by Crippen LogP contribution is 2.34. The number of carbonyl (C=O) groups is 1. The minimum absolute atomic E-state index is 0.104. The van der Waals surface area contributed by atoms with Crippen molar-refractivity contribution in [1.82, 2.24) is 29.7 Å². The van der Waals surface area contributed by atoms with Gasteiger partial charge in [0.1, 0.15) is 17.0 Å². The van der Waals surface area contributed by atoms with Crippen LogP contribution in [0, 0.1) is 17.7 Å². The second kappa shape index (κ2) is 13.4. The van der Waals surface area contributed by atoms with Crippen molar-refractivity contribution < 1.29 is 23.8 Å². The zero-order valence-corrected chi connectivity index (χ0v) is 23.4. The summed E-state index contributed by atoms with van der Waals surface area (Å²) in [6, 6.07) is 10.5. The van der Waals surface area contributed by atoms with Crippen molar-refractivity contribution in [3.63, 3.8) is 0 Å². The third kappa shape index (κ3) is 6.83. The van der Waals surface area contributed by atoms with Crippen LogP contribution < -0.4 is 5.32 Å². The molecule has 3 aromatic heterocycles. The Bertz CT molecular complexity index is 1590. The monoisotopic (exact) mass is 573 g/mol. The number of aromatic amines is 1. The number of carbonyl (C=O) groups excluding carboxylic acids is 1. The molecule has 0 saturated carbocycles. The molecule has 0 radical (unpaired) electrons. The molecular weight excluding hydrogens is 541 g/mol. The number of H-pyrrole nitrogens is 1. The van der Waals surface area contributed by atoms with Crippen molar-refractivity contribution in [2.45, 2.75) is 26.8 Å². The van der Waals surface area contributed by atoms with E-state index in [1.807, 2.05) is 24.3 Å². The lowest BCUT2D eigenvalue weighted by molar-refractivity contribution is -0.0734. The van der Waals surface area contributed by atoms with E-state index >= 15 is 0 Å². The second-order valence-corrected chi connectivity index (χ2v) is 9.57. The molecule has 0 spiro atoms. The summed E-state index contributed by atoms with van der Waals surface area (Å²) in [5.74, 6) is 5.24. The Morgan fingerprint density at radius 3 is 2.74 bits per heavy atom. The second-order valence-electron chi connectivity index (χ2n) is 9.57. The van der Waals surface area contributed by atoms with Crippen LogP contribution in [0.1, 0.15) is 19.5 Å². The number of nitrogens with zero attached hydrogens (tertiary/aromatic N) is 5. The molecule has 1 aliphatic rings. The van der Waals surface area contributed by atoms with E-state index in [1.54, 1.807) is 24.9 Å². The van der Waals surface area contributed by atoms with E-state index < -0.39 is 12.2 Å². The standard InChI is InChI=1S/C30H32FN7O4/c1-3-5-15-42-30(40)38-13-11-37(12-14-38)19-22-9-8-20(18-33-22)21-16-23(26-24(31)7-6-10-32-26)27-25(17-21)34-28(35-27)36-29(39)41-4-2/h6-10,16-18,29,39H,4,11-15,19H2,1-2H3,(H2,34,35,36). The van der Waals surface area contributed by atoms with Gasteiger partial charge in [-0.25, -0.2) is 14.2 Å². The zero-order valence-electron chi connectivity index (χ0n) is 23.4. The van der Waals surface area contributed by atoms with Crippen molar-refractivity contribution in [3.05, 3.63) is 60.3 Å². The van der Waals surface area contributed by atoms with Gasteiger partial charge in [-0.2, -0.15) is 0 Å². The summed E-state index contributed by atoms with van der Waals surface area (Å²) in [7, 11) is 0. The van der Waals surface area contributed by atoms with Crippen LogP contribution in [0.4, 0.5) is 15.1 Å². The van der Waals surface area contributed by atoms with Crippen molar-refractivity contribution in [1.29, 1.82) is 0 Å². The average molecular weight is 574 g/mol. The molecule has 1 fully saturated rings. The number of imidazole rings is 1. The van der Waals surface area contributed by atoms with Crippen LogP contribution in [0.2, 0.25) is 0 Å². The summed E-state index contributed by atoms with van der Waals surface area (Å²) >= 11 is 0. The molecule has 1 aliphatic heterocycles. The van der Waals surface area contributed by atoms with Gasteiger partial charge in [-0.1, -0.05) is 12.0 Å². The van der Waals surface area contributed by atoms with Crippen LogP contribution in [0.25, 0.3) is 33.4 Å². The molecule has 1 amide bonds. The first kappa shape index (κ1) is 28.9. The number of hydrogen-bond donors (Lipinski definition) is 3. The van der Waals surface area contributed by atoms with E-state index in [-0.39, 0.29) is 24.3 Å². The molecule has 42 heavy (non-hydrogen) atoms.